The lowest BCUT2D eigenvalue weighted by Gasteiger charge is -2.39. The van der Waals surface area contributed by atoms with Crippen molar-refractivity contribution in [2.75, 3.05) is 20.1 Å². The number of nitrogens with zero attached hydrogens (tertiary/aromatic N) is 1. The minimum absolute atomic E-state index is 0.112. The van der Waals surface area contributed by atoms with Gasteiger partial charge in [0.15, 0.2) is 0 Å². The van der Waals surface area contributed by atoms with E-state index >= 15 is 0 Å². The molecule has 0 saturated heterocycles. The van der Waals surface area contributed by atoms with Crippen LogP contribution >= 0.6 is 0 Å². The molecule has 2 unspecified atom stereocenters. The Bertz CT molecular complexity index is 229. The number of hydrogen-bond acceptors (Lipinski definition) is 2. The predicted octanol–water partition coefficient (Wildman–Crippen LogP) is 5.37. The van der Waals surface area contributed by atoms with Gasteiger partial charge in [0.1, 0.15) is 0 Å². The highest BCUT2D eigenvalue weighted by molar-refractivity contribution is 4.53. The van der Waals surface area contributed by atoms with Crippen LogP contribution in [-0.4, -0.2) is 30.8 Å². The molecule has 0 aromatic carbocycles. The van der Waals surface area contributed by atoms with Gasteiger partial charge in [0.25, 0.3) is 0 Å². The second kappa shape index (κ2) is 14.5. The van der Waals surface area contributed by atoms with Gasteiger partial charge in [0.2, 0.25) is 0 Å². The second-order valence-electron chi connectivity index (χ2n) is 7.40. The summed E-state index contributed by atoms with van der Waals surface area (Å²) in [5, 5.41) is 12.2. The molecule has 0 heterocycles. The molecule has 0 aliphatic rings. The largest absolute Gasteiger partial charge is 0.633 e. The summed E-state index contributed by atoms with van der Waals surface area (Å²) in [5.41, 5.74) is 5.72. The normalized spacial score (nSPS) is 15.7. The van der Waals surface area contributed by atoms with Crippen molar-refractivity contribution in [1.29, 1.82) is 0 Å². The van der Waals surface area contributed by atoms with Crippen molar-refractivity contribution in [3.05, 3.63) is 5.21 Å². The van der Waals surface area contributed by atoms with E-state index in [9.17, 15) is 5.21 Å². The van der Waals surface area contributed by atoms with Crippen LogP contribution in [0.1, 0.15) is 97.3 Å². The van der Waals surface area contributed by atoms with Crippen molar-refractivity contribution in [3.8, 4) is 0 Å². The molecule has 0 amide bonds. The maximum absolute atomic E-state index is 12.2. The van der Waals surface area contributed by atoms with E-state index in [1.54, 1.807) is 7.05 Å². The van der Waals surface area contributed by atoms with Crippen molar-refractivity contribution in [3.63, 3.8) is 0 Å². The fourth-order valence-electron chi connectivity index (χ4n) is 2.88. The van der Waals surface area contributed by atoms with Gasteiger partial charge in [-0.1, -0.05) is 71.1 Å². The van der Waals surface area contributed by atoms with Crippen LogP contribution in [-0.2, 0) is 0 Å². The van der Waals surface area contributed by atoms with Crippen molar-refractivity contribution in [1.82, 2.24) is 0 Å². The van der Waals surface area contributed by atoms with Crippen LogP contribution in [0.25, 0.3) is 0 Å². The minimum atomic E-state index is -0.112. The van der Waals surface area contributed by atoms with Crippen molar-refractivity contribution in [2.24, 2.45) is 5.73 Å². The highest BCUT2D eigenvalue weighted by atomic mass is 16.5. The molecule has 0 fully saturated rings. The molecule has 2 N–H and O–H groups in total. The Morgan fingerprint density at radius 3 is 1.59 bits per heavy atom. The molecule has 0 aliphatic heterocycles. The molecular weight excluding hydrogens is 272 g/mol. The van der Waals surface area contributed by atoms with Crippen LogP contribution in [0.15, 0.2) is 0 Å². The number of hydroxylamine groups is 3. The first-order valence-electron chi connectivity index (χ1n) is 9.79. The lowest BCUT2D eigenvalue weighted by molar-refractivity contribution is -0.861. The molecule has 0 rings (SSSR count). The van der Waals surface area contributed by atoms with Gasteiger partial charge in [-0.3, -0.25) is 0 Å². The zero-order chi connectivity index (χ0) is 16.7. The first kappa shape index (κ1) is 21.9. The van der Waals surface area contributed by atoms with Crippen molar-refractivity contribution in [2.45, 2.75) is 103 Å². The third-order valence-corrected chi connectivity index (χ3v) is 4.54. The average molecular weight is 315 g/mol. The predicted molar refractivity (Wildman–Crippen MR) is 98.6 cm³/mol. The molecule has 3 heteroatoms. The van der Waals surface area contributed by atoms with Crippen LogP contribution in [0, 0.1) is 5.21 Å². The van der Waals surface area contributed by atoms with Gasteiger partial charge < -0.3 is 15.6 Å². The minimum Gasteiger partial charge on any atom is -0.633 e. The summed E-state index contributed by atoms with van der Waals surface area (Å²) in [4.78, 5) is 0. The number of nitrogens with two attached hydrogens (primary N) is 1. The van der Waals surface area contributed by atoms with Crippen LogP contribution in [0.5, 0.6) is 0 Å². The molecule has 0 spiro atoms. The number of rotatable bonds is 16. The number of quaternary nitrogens is 1. The fourth-order valence-corrected chi connectivity index (χ4v) is 2.88. The first-order valence-corrected chi connectivity index (χ1v) is 9.79. The smallest absolute Gasteiger partial charge is 0.0796 e. The van der Waals surface area contributed by atoms with Crippen LogP contribution < -0.4 is 5.73 Å². The van der Waals surface area contributed by atoms with Gasteiger partial charge >= 0.3 is 0 Å². The van der Waals surface area contributed by atoms with Crippen LogP contribution in [0.2, 0.25) is 0 Å². The third kappa shape index (κ3) is 16.3. The topological polar surface area (TPSA) is 49.1 Å². The van der Waals surface area contributed by atoms with Gasteiger partial charge in [-0.05, 0) is 19.8 Å². The molecule has 3 nitrogen and oxygen atoms in total. The standard InChI is InChI=1S/C19H42N2O/c1-4-5-6-7-8-9-10-11-12-13-14-15-17-21(3,22)18-16-19(2)20/h19H,4-18,20H2,1-3H3. The van der Waals surface area contributed by atoms with Crippen molar-refractivity contribution >= 4 is 0 Å². The van der Waals surface area contributed by atoms with E-state index in [1.807, 2.05) is 6.92 Å². The zero-order valence-electron chi connectivity index (χ0n) is 15.6. The molecular formula is C19H42N2O. The highest BCUT2D eigenvalue weighted by Gasteiger charge is 2.10. The van der Waals surface area contributed by atoms with E-state index in [4.69, 9.17) is 5.73 Å². The quantitative estimate of drug-likeness (QED) is 0.236. The Morgan fingerprint density at radius 1 is 0.773 bits per heavy atom. The lowest BCUT2D eigenvalue weighted by Crippen LogP contribution is -2.41. The lowest BCUT2D eigenvalue weighted by atomic mass is 10.1. The van der Waals surface area contributed by atoms with E-state index < -0.39 is 0 Å². The van der Waals surface area contributed by atoms with Gasteiger partial charge in [0.05, 0.1) is 20.1 Å². The van der Waals surface area contributed by atoms with E-state index in [1.165, 1.54) is 70.6 Å². The molecule has 0 radical (unpaired) electrons. The van der Waals surface area contributed by atoms with E-state index in [2.05, 4.69) is 6.92 Å². The molecule has 0 bridgehead atoms. The first-order chi connectivity index (χ1) is 10.5. The summed E-state index contributed by atoms with van der Waals surface area (Å²) in [6.45, 7) is 5.66. The highest BCUT2D eigenvalue weighted by Crippen LogP contribution is 2.13. The van der Waals surface area contributed by atoms with Gasteiger partial charge in [-0.15, -0.1) is 0 Å². The molecule has 134 valence electrons. The summed E-state index contributed by atoms with van der Waals surface area (Å²) in [6, 6.07) is 0.147. The Labute approximate surface area is 139 Å². The maximum atomic E-state index is 12.2. The molecule has 0 saturated carbocycles. The Kier molecular flexibility index (Phi) is 14.4. The molecule has 0 aliphatic carbocycles. The van der Waals surface area contributed by atoms with E-state index in [0.29, 0.717) is 6.54 Å². The maximum Gasteiger partial charge on any atom is 0.0796 e. The summed E-state index contributed by atoms with van der Waals surface area (Å²) in [5.74, 6) is 0. The summed E-state index contributed by atoms with van der Waals surface area (Å²) in [6.07, 6.45) is 17.0. The number of hydrogen-bond donors (Lipinski definition) is 1. The molecule has 0 aromatic heterocycles. The Balaban J connectivity index is 3.25. The van der Waals surface area contributed by atoms with Crippen LogP contribution in [0.3, 0.4) is 0 Å². The third-order valence-electron chi connectivity index (χ3n) is 4.54. The second-order valence-corrected chi connectivity index (χ2v) is 7.40. The van der Waals surface area contributed by atoms with E-state index in [-0.39, 0.29) is 10.7 Å². The molecule has 22 heavy (non-hydrogen) atoms. The van der Waals surface area contributed by atoms with Gasteiger partial charge in [-0.25, -0.2) is 0 Å². The number of unbranched alkanes of at least 4 members (excludes halogenated alkanes) is 11. The summed E-state index contributed by atoms with van der Waals surface area (Å²) in [7, 11) is 1.79. The monoisotopic (exact) mass is 314 g/mol. The summed E-state index contributed by atoms with van der Waals surface area (Å²) < 4.78 is -0.112. The van der Waals surface area contributed by atoms with Gasteiger partial charge in [0, 0.05) is 12.5 Å². The Morgan fingerprint density at radius 2 is 1.18 bits per heavy atom. The van der Waals surface area contributed by atoms with Crippen LogP contribution in [0.4, 0.5) is 0 Å². The fraction of sp³-hybridized carbons (Fsp3) is 1.00. The Hall–Kier alpha value is -0.120. The SMILES string of the molecule is CCCCCCCCCCCCCC[N+](C)([O-])CCC(C)N. The van der Waals surface area contributed by atoms with Crippen molar-refractivity contribution < 1.29 is 4.65 Å². The van der Waals surface area contributed by atoms with Gasteiger partial charge in [-0.2, -0.15) is 0 Å². The van der Waals surface area contributed by atoms with E-state index in [0.717, 1.165) is 19.4 Å². The molecule has 0 aromatic rings. The zero-order valence-corrected chi connectivity index (χ0v) is 15.6. The summed E-state index contributed by atoms with van der Waals surface area (Å²) >= 11 is 0. The average Bonchev–Trinajstić information content (AvgIpc) is 2.46. The molecule has 2 atom stereocenters.